The number of nitrogens with zero attached hydrogens (tertiary/aromatic N) is 2. The van der Waals surface area contributed by atoms with Crippen molar-refractivity contribution >= 4 is 47.4 Å². The maximum absolute atomic E-state index is 12.0. The number of nitrogens with two attached hydrogens (primary N) is 1. The molecular formula is C24H33IN6O2. The number of anilines is 1. The van der Waals surface area contributed by atoms with Gasteiger partial charge in [-0.25, -0.2) is 0 Å². The fourth-order valence-electron chi connectivity index (χ4n) is 3.68. The summed E-state index contributed by atoms with van der Waals surface area (Å²) in [6, 6.07) is 15.9. The molecule has 0 aromatic heterocycles. The van der Waals surface area contributed by atoms with Crippen molar-refractivity contribution < 1.29 is 9.59 Å². The van der Waals surface area contributed by atoms with Gasteiger partial charge >= 0.3 is 0 Å². The third-order valence-electron chi connectivity index (χ3n) is 5.52. The van der Waals surface area contributed by atoms with Crippen molar-refractivity contribution in [1.82, 2.24) is 16.0 Å². The van der Waals surface area contributed by atoms with Crippen LogP contribution in [0.1, 0.15) is 47.3 Å². The molecule has 0 saturated carbocycles. The first-order valence-corrected chi connectivity index (χ1v) is 10.9. The van der Waals surface area contributed by atoms with E-state index in [1.54, 1.807) is 19.2 Å². The number of carbonyl (C=O) groups is 2. The molecule has 2 aromatic rings. The molecule has 2 aromatic carbocycles. The summed E-state index contributed by atoms with van der Waals surface area (Å²) in [5.74, 6) is -0.201. The van der Waals surface area contributed by atoms with E-state index in [4.69, 9.17) is 5.73 Å². The largest absolute Gasteiger partial charge is 0.372 e. The van der Waals surface area contributed by atoms with Gasteiger partial charge in [0, 0.05) is 37.9 Å². The van der Waals surface area contributed by atoms with E-state index in [0.717, 1.165) is 18.7 Å². The summed E-state index contributed by atoms with van der Waals surface area (Å²) in [6.45, 7) is 4.75. The van der Waals surface area contributed by atoms with Crippen LogP contribution in [0.2, 0.25) is 0 Å². The lowest BCUT2D eigenvalue weighted by Crippen LogP contribution is -2.38. The molecule has 3 rings (SSSR count). The standard InChI is InChI=1S/C24H32N6O2.HI/c1-17(20-6-5-7-21(14-20)30-12-3-4-13-30)29-24(26-2)28-15-18-8-10-19(11-9-18)23(32)27-16-22(25)31;/h5-11,14,17H,3-4,12-13,15-16H2,1-2H3,(H2,25,31)(H,27,32)(H2,26,28,29);1H. The summed E-state index contributed by atoms with van der Waals surface area (Å²) in [5.41, 5.74) is 9.02. The molecule has 1 aliphatic rings. The molecule has 0 bridgehead atoms. The summed E-state index contributed by atoms with van der Waals surface area (Å²) in [5, 5.41) is 9.23. The van der Waals surface area contributed by atoms with Gasteiger partial charge in [-0.15, -0.1) is 24.0 Å². The van der Waals surface area contributed by atoms with Crippen molar-refractivity contribution in [2.24, 2.45) is 10.7 Å². The second-order valence-corrected chi connectivity index (χ2v) is 7.93. The Balaban J connectivity index is 0.00000385. The van der Waals surface area contributed by atoms with Crippen molar-refractivity contribution in [3.8, 4) is 0 Å². The molecule has 1 aliphatic heterocycles. The summed E-state index contributed by atoms with van der Waals surface area (Å²) in [7, 11) is 1.74. The van der Waals surface area contributed by atoms with E-state index in [1.807, 2.05) is 12.1 Å². The number of halogens is 1. The minimum atomic E-state index is -0.574. The highest BCUT2D eigenvalue weighted by Gasteiger charge is 2.14. The number of hydrogen-bond donors (Lipinski definition) is 4. The predicted molar refractivity (Wildman–Crippen MR) is 143 cm³/mol. The van der Waals surface area contributed by atoms with Crippen LogP contribution in [0, 0.1) is 0 Å². The first-order chi connectivity index (χ1) is 15.5. The molecule has 0 spiro atoms. The molecule has 5 N–H and O–H groups in total. The Morgan fingerprint density at radius 2 is 1.79 bits per heavy atom. The average molecular weight is 564 g/mol. The predicted octanol–water partition coefficient (Wildman–Crippen LogP) is 2.55. The van der Waals surface area contributed by atoms with Gasteiger partial charge in [-0.05, 0) is 55.2 Å². The van der Waals surface area contributed by atoms with Crippen LogP contribution in [0.3, 0.4) is 0 Å². The van der Waals surface area contributed by atoms with Crippen molar-refractivity contribution in [3.05, 3.63) is 65.2 Å². The Labute approximate surface area is 212 Å². The molecule has 2 amide bonds. The van der Waals surface area contributed by atoms with Crippen LogP contribution in [0.15, 0.2) is 53.5 Å². The van der Waals surface area contributed by atoms with Gasteiger partial charge in [0.1, 0.15) is 0 Å². The number of guanidine groups is 1. The Kier molecular flexibility index (Phi) is 10.4. The number of benzene rings is 2. The zero-order chi connectivity index (χ0) is 22.9. The van der Waals surface area contributed by atoms with Crippen molar-refractivity contribution in [1.29, 1.82) is 0 Å². The van der Waals surface area contributed by atoms with Gasteiger partial charge in [0.15, 0.2) is 5.96 Å². The second-order valence-electron chi connectivity index (χ2n) is 7.93. The van der Waals surface area contributed by atoms with Crippen molar-refractivity contribution in [2.75, 3.05) is 31.6 Å². The number of rotatable bonds is 8. The number of aliphatic imine (C=N–C) groups is 1. The molecule has 0 radical (unpaired) electrons. The average Bonchev–Trinajstić information content (AvgIpc) is 3.35. The van der Waals surface area contributed by atoms with E-state index in [2.05, 4.69) is 57.0 Å². The molecular weight excluding hydrogens is 531 g/mol. The van der Waals surface area contributed by atoms with Crippen LogP contribution >= 0.6 is 24.0 Å². The maximum atomic E-state index is 12.0. The van der Waals surface area contributed by atoms with Crippen LogP contribution in [0.25, 0.3) is 0 Å². The summed E-state index contributed by atoms with van der Waals surface area (Å²) in [6.07, 6.45) is 2.52. The normalized spacial score (nSPS) is 14.2. The number of amides is 2. The molecule has 9 heteroatoms. The van der Waals surface area contributed by atoms with Crippen molar-refractivity contribution in [3.63, 3.8) is 0 Å². The Morgan fingerprint density at radius 1 is 1.09 bits per heavy atom. The van der Waals surface area contributed by atoms with Crippen molar-refractivity contribution in [2.45, 2.75) is 32.4 Å². The lowest BCUT2D eigenvalue weighted by molar-refractivity contribution is -0.117. The van der Waals surface area contributed by atoms with Crippen LogP contribution in [0.5, 0.6) is 0 Å². The maximum Gasteiger partial charge on any atom is 0.251 e. The first kappa shape index (κ1) is 26.4. The molecule has 0 aliphatic carbocycles. The Hall–Kier alpha value is -2.82. The highest BCUT2D eigenvalue weighted by Crippen LogP contribution is 2.23. The van der Waals surface area contributed by atoms with Gasteiger partial charge in [0.05, 0.1) is 12.6 Å². The molecule has 1 fully saturated rings. The fraction of sp³-hybridized carbons (Fsp3) is 0.375. The SMILES string of the molecule is CN=C(NCc1ccc(C(=O)NCC(N)=O)cc1)NC(C)c1cccc(N2CCCC2)c1.I. The molecule has 1 heterocycles. The zero-order valence-electron chi connectivity index (χ0n) is 19.1. The van der Waals surface area contributed by atoms with Crippen LogP contribution in [0.4, 0.5) is 5.69 Å². The monoisotopic (exact) mass is 564 g/mol. The van der Waals surface area contributed by atoms with Gasteiger partial charge in [-0.2, -0.15) is 0 Å². The second kappa shape index (κ2) is 13.0. The van der Waals surface area contributed by atoms with Gasteiger partial charge in [-0.1, -0.05) is 24.3 Å². The quantitative estimate of drug-likeness (QED) is 0.224. The van der Waals surface area contributed by atoms with Gasteiger partial charge < -0.3 is 26.6 Å². The van der Waals surface area contributed by atoms with Crippen LogP contribution < -0.4 is 26.6 Å². The Bertz CT molecular complexity index is 958. The molecule has 1 unspecified atom stereocenters. The molecule has 1 saturated heterocycles. The van der Waals surface area contributed by atoms with E-state index in [1.165, 1.54) is 24.1 Å². The topological polar surface area (TPSA) is 112 Å². The van der Waals surface area contributed by atoms with Crippen LogP contribution in [-0.4, -0.2) is 44.5 Å². The lowest BCUT2D eigenvalue weighted by Gasteiger charge is -2.22. The zero-order valence-corrected chi connectivity index (χ0v) is 21.5. The van der Waals surface area contributed by atoms with E-state index in [0.29, 0.717) is 18.1 Å². The number of carbonyl (C=O) groups excluding carboxylic acids is 2. The van der Waals surface area contributed by atoms with E-state index >= 15 is 0 Å². The smallest absolute Gasteiger partial charge is 0.251 e. The molecule has 8 nitrogen and oxygen atoms in total. The highest BCUT2D eigenvalue weighted by atomic mass is 127. The fourth-order valence-corrected chi connectivity index (χ4v) is 3.68. The lowest BCUT2D eigenvalue weighted by atomic mass is 10.1. The van der Waals surface area contributed by atoms with Crippen LogP contribution in [-0.2, 0) is 11.3 Å². The van der Waals surface area contributed by atoms with E-state index < -0.39 is 5.91 Å². The van der Waals surface area contributed by atoms with Gasteiger partial charge in [0.2, 0.25) is 5.91 Å². The van der Waals surface area contributed by atoms with E-state index in [-0.39, 0.29) is 42.5 Å². The minimum absolute atomic E-state index is 0. The third kappa shape index (κ3) is 7.92. The van der Waals surface area contributed by atoms with Gasteiger partial charge in [-0.3, -0.25) is 14.6 Å². The molecule has 1 atom stereocenters. The summed E-state index contributed by atoms with van der Waals surface area (Å²) in [4.78, 5) is 29.5. The minimum Gasteiger partial charge on any atom is -0.372 e. The van der Waals surface area contributed by atoms with Gasteiger partial charge in [0.25, 0.3) is 5.91 Å². The number of hydrogen-bond acceptors (Lipinski definition) is 4. The number of nitrogens with one attached hydrogen (secondary N) is 3. The Morgan fingerprint density at radius 3 is 2.42 bits per heavy atom. The first-order valence-electron chi connectivity index (χ1n) is 10.9. The number of primary amides is 1. The summed E-state index contributed by atoms with van der Waals surface area (Å²) >= 11 is 0. The third-order valence-corrected chi connectivity index (χ3v) is 5.52. The highest BCUT2D eigenvalue weighted by molar-refractivity contribution is 14.0. The summed E-state index contributed by atoms with van der Waals surface area (Å²) < 4.78 is 0. The molecule has 178 valence electrons. The van der Waals surface area contributed by atoms with E-state index in [9.17, 15) is 9.59 Å². The molecule has 33 heavy (non-hydrogen) atoms.